The first-order valence-corrected chi connectivity index (χ1v) is 10.1. The molecule has 5 heteroatoms. The molecule has 4 rings (SSSR count). The van der Waals surface area contributed by atoms with Crippen LogP contribution in [0.5, 0.6) is 0 Å². The van der Waals surface area contributed by atoms with Crippen molar-refractivity contribution in [3.05, 3.63) is 108 Å². The minimum Gasteiger partial charge on any atom is -0.371 e. The lowest BCUT2D eigenvalue weighted by Crippen LogP contribution is -2.38. The summed E-state index contributed by atoms with van der Waals surface area (Å²) in [6, 6.07) is 29.0. The standard InChI is InChI=1S/C25H25NO4/c27-24-22(29-17-20-12-6-2-7-13-20)23(30-18-21-14-8-3-9-15-21)25(28)26(24)16-19-10-4-1-5-11-19/h1-15,22-24,27H,16-18H2. The Kier molecular flexibility index (Phi) is 6.54. The van der Waals surface area contributed by atoms with E-state index in [1.54, 1.807) is 0 Å². The Morgan fingerprint density at radius 3 is 1.70 bits per heavy atom. The zero-order valence-corrected chi connectivity index (χ0v) is 16.6. The van der Waals surface area contributed by atoms with Gasteiger partial charge in [-0.15, -0.1) is 0 Å². The van der Waals surface area contributed by atoms with Gasteiger partial charge in [0.25, 0.3) is 5.91 Å². The Labute approximate surface area is 176 Å². The van der Waals surface area contributed by atoms with Gasteiger partial charge in [-0.25, -0.2) is 0 Å². The van der Waals surface area contributed by atoms with Crippen LogP contribution in [0.3, 0.4) is 0 Å². The number of hydrogen-bond donors (Lipinski definition) is 1. The first kappa shape index (κ1) is 20.3. The van der Waals surface area contributed by atoms with Gasteiger partial charge in [-0.05, 0) is 16.7 Å². The van der Waals surface area contributed by atoms with Gasteiger partial charge in [0.2, 0.25) is 0 Å². The first-order valence-electron chi connectivity index (χ1n) is 10.1. The highest BCUT2D eigenvalue weighted by Gasteiger charge is 2.49. The van der Waals surface area contributed by atoms with E-state index in [4.69, 9.17) is 9.47 Å². The maximum absolute atomic E-state index is 13.1. The zero-order chi connectivity index (χ0) is 20.8. The molecule has 1 aliphatic rings. The molecule has 0 radical (unpaired) electrons. The normalized spacial score (nSPS) is 21.2. The van der Waals surface area contributed by atoms with Crippen LogP contribution in [-0.4, -0.2) is 34.3 Å². The summed E-state index contributed by atoms with van der Waals surface area (Å²) in [5.41, 5.74) is 2.87. The highest BCUT2D eigenvalue weighted by Crippen LogP contribution is 2.27. The number of benzene rings is 3. The molecule has 1 aliphatic heterocycles. The van der Waals surface area contributed by atoms with Gasteiger partial charge in [0.15, 0.2) is 12.3 Å². The molecule has 1 heterocycles. The van der Waals surface area contributed by atoms with Crippen LogP contribution in [0.4, 0.5) is 0 Å². The van der Waals surface area contributed by atoms with Gasteiger partial charge in [0.1, 0.15) is 6.10 Å². The second-order valence-electron chi connectivity index (χ2n) is 7.34. The van der Waals surface area contributed by atoms with Crippen LogP contribution in [0.2, 0.25) is 0 Å². The molecule has 0 aromatic heterocycles. The molecule has 0 aliphatic carbocycles. The molecule has 5 nitrogen and oxygen atoms in total. The Balaban J connectivity index is 1.50. The van der Waals surface area contributed by atoms with E-state index in [1.165, 1.54) is 4.90 Å². The van der Waals surface area contributed by atoms with Crippen molar-refractivity contribution in [2.45, 2.75) is 38.2 Å². The number of ether oxygens (including phenoxy) is 2. The molecular weight excluding hydrogens is 378 g/mol. The van der Waals surface area contributed by atoms with E-state index in [-0.39, 0.29) is 12.5 Å². The summed E-state index contributed by atoms with van der Waals surface area (Å²) in [4.78, 5) is 14.6. The molecule has 3 unspecified atom stereocenters. The van der Waals surface area contributed by atoms with E-state index in [0.29, 0.717) is 13.2 Å². The second-order valence-corrected chi connectivity index (χ2v) is 7.34. The van der Waals surface area contributed by atoms with Crippen LogP contribution in [0, 0.1) is 0 Å². The summed E-state index contributed by atoms with van der Waals surface area (Å²) in [7, 11) is 0. The van der Waals surface area contributed by atoms with Gasteiger partial charge in [-0.2, -0.15) is 0 Å². The number of rotatable bonds is 8. The van der Waals surface area contributed by atoms with E-state index >= 15 is 0 Å². The number of aliphatic hydroxyl groups is 1. The summed E-state index contributed by atoms with van der Waals surface area (Å²) in [5, 5.41) is 10.9. The van der Waals surface area contributed by atoms with Crippen LogP contribution in [-0.2, 0) is 34.0 Å². The Morgan fingerprint density at radius 1 is 0.700 bits per heavy atom. The molecule has 30 heavy (non-hydrogen) atoms. The fourth-order valence-electron chi connectivity index (χ4n) is 3.59. The molecule has 3 atom stereocenters. The number of hydrogen-bond acceptors (Lipinski definition) is 4. The second kappa shape index (κ2) is 9.67. The third kappa shape index (κ3) is 4.76. The van der Waals surface area contributed by atoms with Crippen molar-refractivity contribution in [3.8, 4) is 0 Å². The Bertz CT molecular complexity index is 933. The van der Waals surface area contributed by atoms with E-state index in [0.717, 1.165) is 16.7 Å². The van der Waals surface area contributed by atoms with Gasteiger partial charge in [-0.1, -0.05) is 91.0 Å². The molecule has 154 valence electrons. The number of likely N-dealkylation sites (tertiary alicyclic amines) is 1. The van der Waals surface area contributed by atoms with Crippen LogP contribution in [0.15, 0.2) is 91.0 Å². The van der Waals surface area contributed by atoms with E-state index < -0.39 is 18.4 Å². The van der Waals surface area contributed by atoms with E-state index in [9.17, 15) is 9.90 Å². The van der Waals surface area contributed by atoms with Crippen LogP contribution < -0.4 is 0 Å². The monoisotopic (exact) mass is 403 g/mol. The molecular formula is C25H25NO4. The molecule has 3 aromatic rings. The van der Waals surface area contributed by atoms with Crippen molar-refractivity contribution in [1.82, 2.24) is 4.90 Å². The fourth-order valence-corrected chi connectivity index (χ4v) is 3.59. The third-order valence-corrected chi connectivity index (χ3v) is 5.19. The average Bonchev–Trinajstić information content (AvgIpc) is 3.02. The molecule has 0 bridgehead atoms. The zero-order valence-electron chi connectivity index (χ0n) is 16.6. The van der Waals surface area contributed by atoms with Crippen molar-refractivity contribution < 1.29 is 19.4 Å². The molecule has 1 fully saturated rings. The quantitative estimate of drug-likeness (QED) is 0.625. The van der Waals surface area contributed by atoms with Crippen LogP contribution in [0.1, 0.15) is 16.7 Å². The number of carbonyl (C=O) groups is 1. The summed E-state index contributed by atoms with van der Waals surface area (Å²) in [6.07, 6.45) is -2.72. The summed E-state index contributed by atoms with van der Waals surface area (Å²) < 4.78 is 12.0. The number of amides is 1. The summed E-state index contributed by atoms with van der Waals surface area (Å²) >= 11 is 0. The van der Waals surface area contributed by atoms with Crippen molar-refractivity contribution in [3.63, 3.8) is 0 Å². The maximum Gasteiger partial charge on any atom is 0.257 e. The predicted octanol–water partition coefficient (Wildman–Crippen LogP) is 3.52. The highest BCUT2D eigenvalue weighted by molar-refractivity contribution is 5.84. The lowest BCUT2D eigenvalue weighted by atomic mass is 10.2. The third-order valence-electron chi connectivity index (χ3n) is 5.19. The van der Waals surface area contributed by atoms with E-state index in [1.807, 2.05) is 91.0 Å². The maximum atomic E-state index is 13.1. The Hall–Kier alpha value is -2.99. The minimum absolute atomic E-state index is 0.264. The SMILES string of the molecule is O=C1C(OCc2ccccc2)C(OCc2ccccc2)C(O)N1Cc1ccccc1. The van der Waals surface area contributed by atoms with Crippen molar-refractivity contribution >= 4 is 5.91 Å². The lowest BCUT2D eigenvalue weighted by molar-refractivity contribution is -0.142. The van der Waals surface area contributed by atoms with Gasteiger partial charge in [0, 0.05) is 6.54 Å². The van der Waals surface area contributed by atoms with Gasteiger partial charge in [-0.3, -0.25) is 4.79 Å². The first-order chi connectivity index (χ1) is 14.7. The highest BCUT2D eigenvalue weighted by atomic mass is 16.6. The molecule has 1 saturated heterocycles. The summed E-state index contributed by atoms with van der Waals surface area (Å²) in [5.74, 6) is -0.264. The number of aliphatic hydroxyl groups excluding tert-OH is 1. The average molecular weight is 403 g/mol. The minimum atomic E-state index is -1.08. The van der Waals surface area contributed by atoms with E-state index in [2.05, 4.69) is 0 Å². The number of nitrogens with zero attached hydrogens (tertiary/aromatic N) is 1. The number of carbonyl (C=O) groups excluding carboxylic acids is 1. The predicted molar refractivity (Wildman–Crippen MR) is 113 cm³/mol. The lowest BCUT2D eigenvalue weighted by Gasteiger charge is -2.23. The molecule has 0 spiro atoms. The summed E-state index contributed by atoms with van der Waals surface area (Å²) in [6.45, 7) is 0.867. The molecule has 1 amide bonds. The smallest absolute Gasteiger partial charge is 0.257 e. The van der Waals surface area contributed by atoms with Crippen molar-refractivity contribution in [2.24, 2.45) is 0 Å². The van der Waals surface area contributed by atoms with Crippen LogP contribution >= 0.6 is 0 Å². The van der Waals surface area contributed by atoms with Gasteiger partial charge >= 0.3 is 0 Å². The molecule has 1 N–H and O–H groups in total. The van der Waals surface area contributed by atoms with Crippen molar-refractivity contribution in [2.75, 3.05) is 0 Å². The van der Waals surface area contributed by atoms with Gasteiger partial charge < -0.3 is 19.5 Å². The molecule has 0 saturated carbocycles. The molecule has 3 aromatic carbocycles. The Morgan fingerprint density at radius 2 is 1.17 bits per heavy atom. The fraction of sp³-hybridized carbons (Fsp3) is 0.240. The topological polar surface area (TPSA) is 59.0 Å². The van der Waals surface area contributed by atoms with Gasteiger partial charge in [0.05, 0.1) is 13.2 Å². The van der Waals surface area contributed by atoms with Crippen molar-refractivity contribution in [1.29, 1.82) is 0 Å². The van der Waals surface area contributed by atoms with Crippen LogP contribution in [0.25, 0.3) is 0 Å². The largest absolute Gasteiger partial charge is 0.371 e.